The number of hydrogen-bond acceptors (Lipinski definition) is 3. The van der Waals surface area contributed by atoms with Crippen molar-refractivity contribution >= 4 is 15.9 Å². The van der Waals surface area contributed by atoms with Crippen LogP contribution in [0.15, 0.2) is 22.8 Å². The van der Waals surface area contributed by atoms with Crippen molar-refractivity contribution in [3.05, 3.63) is 33.7 Å². The Bertz CT molecular complexity index is 209. The number of pyridine rings is 1. The Morgan fingerprint density at radius 1 is 1.45 bits per heavy atom. The number of nitrogens with zero attached hydrogens (tertiary/aromatic N) is 1. The van der Waals surface area contributed by atoms with Gasteiger partial charge in [-0.05, 0) is 6.07 Å². The van der Waals surface area contributed by atoms with Crippen molar-refractivity contribution in [3.63, 3.8) is 0 Å². The fraction of sp³-hybridized carbons (Fsp3) is 0.167. The molecule has 0 bridgehead atoms. The van der Waals surface area contributed by atoms with E-state index in [1.165, 1.54) is 0 Å². The summed E-state index contributed by atoms with van der Waals surface area (Å²) in [6.45, 7) is 1.76. The Balaban J connectivity index is 0.000000461. The molecule has 0 amide bonds. The molecule has 1 aromatic heterocycles. The lowest BCUT2D eigenvalue weighted by molar-refractivity contribution is -0.624. The smallest absolute Gasteiger partial charge is 0.259 e. The zero-order valence-electron chi connectivity index (χ0n) is 5.86. The van der Waals surface area contributed by atoms with Gasteiger partial charge in [-0.15, -0.1) is 0 Å². The molecular weight excluding hydrogens is 214 g/mol. The van der Waals surface area contributed by atoms with Crippen LogP contribution in [-0.4, -0.2) is 10.5 Å². The molecule has 0 saturated carbocycles. The molecule has 0 saturated heterocycles. The van der Waals surface area contributed by atoms with Crippen LogP contribution in [0.25, 0.3) is 0 Å². The number of aromatic nitrogens is 1. The molecular formula is C6H8BrNO3. The van der Waals surface area contributed by atoms with E-state index in [4.69, 9.17) is 10.5 Å². The van der Waals surface area contributed by atoms with Gasteiger partial charge in [0, 0.05) is 35.0 Å². The average Bonchev–Trinajstić information content (AvgIpc) is 2.04. The lowest BCUT2D eigenvalue weighted by Gasteiger charge is -1.99. The molecule has 0 aromatic carbocycles. The molecule has 1 heterocycles. The quantitative estimate of drug-likeness (QED) is 0.229. The second-order valence-corrected chi connectivity index (χ2v) is 2.60. The van der Waals surface area contributed by atoms with E-state index < -0.39 is 0 Å². The minimum absolute atomic E-state index is 0.558. The highest BCUT2D eigenvalue weighted by molar-refractivity contribution is 9.10. The lowest BCUT2D eigenvalue weighted by atomic mass is 10.4. The van der Waals surface area contributed by atoms with Crippen LogP contribution in [0, 0.1) is 12.1 Å². The Hall–Kier alpha value is -0.650. The van der Waals surface area contributed by atoms with Gasteiger partial charge in [-0.25, -0.2) is 0 Å². The standard InChI is InChI=1S/C6H6BrNO.H2O2/c1-5-3-2-4-6(7)8(5)9;1-2/h2-4H,1H3;1-2H. The fourth-order valence-corrected chi connectivity index (χ4v) is 1.00. The number of halogens is 1. The van der Waals surface area contributed by atoms with Crippen LogP contribution in [0.4, 0.5) is 0 Å². The Labute approximate surface area is 72.4 Å². The summed E-state index contributed by atoms with van der Waals surface area (Å²) in [6, 6.07) is 5.30. The SMILES string of the molecule is Cc1cccc(Br)[n+]1[O-].OO. The maximum Gasteiger partial charge on any atom is 0.259 e. The summed E-state index contributed by atoms with van der Waals surface area (Å²) in [6.07, 6.45) is 0. The highest BCUT2D eigenvalue weighted by Crippen LogP contribution is 2.01. The normalized spacial score (nSPS) is 8.36. The third kappa shape index (κ3) is 2.83. The monoisotopic (exact) mass is 221 g/mol. The maximum absolute atomic E-state index is 10.8. The van der Waals surface area contributed by atoms with Gasteiger partial charge >= 0.3 is 0 Å². The van der Waals surface area contributed by atoms with Crippen LogP contribution in [-0.2, 0) is 0 Å². The number of hydrogen-bond donors (Lipinski definition) is 2. The molecule has 0 spiro atoms. The third-order valence-corrected chi connectivity index (χ3v) is 1.67. The van der Waals surface area contributed by atoms with E-state index >= 15 is 0 Å². The van der Waals surface area contributed by atoms with E-state index in [-0.39, 0.29) is 0 Å². The molecule has 4 nitrogen and oxygen atoms in total. The summed E-state index contributed by atoms with van der Waals surface area (Å²) in [4.78, 5) is 0. The summed E-state index contributed by atoms with van der Waals surface area (Å²) < 4.78 is 1.39. The first-order valence-electron chi connectivity index (χ1n) is 2.76. The zero-order valence-corrected chi connectivity index (χ0v) is 7.45. The van der Waals surface area contributed by atoms with Crippen LogP contribution < -0.4 is 4.73 Å². The summed E-state index contributed by atoms with van der Waals surface area (Å²) in [5, 5.41) is 22.8. The van der Waals surface area contributed by atoms with E-state index in [9.17, 15) is 5.21 Å². The topological polar surface area (TPSA) is 67.4 Å². The first-order valence-corrected chi connectivity index (χ1v) is 3.56. The molecule has 0 aliphatic carbocycles. The first kappa shape index (κ1) is 10.3. The minimum atomic E-state index is 0.558. The van der Waals surface area contributed by atoms with Gasteiger partial charge in [0.1, 0.15) is 0 Å². The van der Waals surface area contributed by atoms with Crippen LogP contribution >= 0.6 is 15.9 Å². The van der Waals surface area contributed by atoms with Gasteiger partial charge in [0.25, 0.3) is 4.60 Å². The van der Waals surface area contributed by atoms with Crippen molar-refractivity contribution in [2.24, 2.45) is 0 Å². The van der Waals surface area contributed by atoms with E-state index in [1.54, 1.807) is 19.1 Å². The molecule has 5 heteroatoms. The summed E-state index contributed by atoms with van der Waals surface area (Å²) in [5.74, 6) is 0. The average molecular weight is 222 g/mol. The minimum Gasteiger partial charge on any atom is -0.618 e. The fourth-order valence-electron chi connectivity index (χ4n) is 0.571. The predicted octanol–water partition coefficient (Wildman–Crippen LogP) is 1.41. The molecule has 62 valence electrons. The van der Waals surface area contributed by atoms with Crippen molar-refractivity contribution in [3.8, 4) is 0 Å². The van der Waals surface area contributed by atoms with E-state index in [0.29, 0.717) is 10.3 Å². The van der Waals surface area contributed by atoms with E-state index in [2.05, 4.69) is 15.9 Å². The Morgan fingerprint density at radius 2 is 2.00 bits per heavy atom. The third-order valence-electron chi connectivity index (χ3n) is 1.09. The van der Waals surface area contributed by atoms with E-state index in [0.717, 1.165) is 4.73 Å². The summed E-state index contributed by atoms with van der Waals surface area (Å²) in [7, 11) is 0. The summed E-state index contributed by atoms with van der Waals surface area (Å²) >= 11 is 3.10. The highest BCUT2D eigenvalue weighted by Gasteiger charge is 2.00. The van der Waals surface area contributed by atoms with Gasteiger partial charge < -0.3 is 5.21 Å². The zero-order chi connectivity index (χ0) is 8.85. The second kappa shape index (κ2) is 5.06. The predicted molar refractivity (Wildman–Crippen MR) is 43.1 cm³/mol. The molecule has 1 aromatic rings. The van der Waals surface area contributed by atoms with Crippen LogP contribution in [0.5, 0.6) is 0 Å². The molecule has 0 aliphatic rings. The van der Waals surface area contributed by atoms with Crippen molar-refractivity contribution < 1.29 is 15.2 Å². The molecule has 0 aliphatic heterocycles. The van der Waals surface area contributed by atoms with Crippen molar-refractivity contribution in [2.75, 3.05) is 0 Å². The molecule has 2 N–H and O–H groups in total. The molecule has 1 rings (SSSR count). The second-order valence-electron chi connectivity index (χ2n) is 1.78. The maximum atomic E-state index is 10.8. The van der Waals surface area contributed by atoms with Crippen molar-refractivity contribution in [2.45, 2.75) is 6.92 Å². The molecule has 0 radical (unpaired) electrons. The van der Waals surface area contributed by atoms with Gasteiger partial charge in [-0.1, -0.05) is 0 Å². The van der Waals surface area contributed by atoms with Gasteiger partial charge in [-0.3, -0.25) is 10.5 Å². The largest absolute Gasteiger partial charge is 0.618 e. The summed E-state index contributed by atoms with van der Waals surface area (Å²) in [5.41, 5.74) is 0.698. The lowest BCUT2D eigenvalue weighted by Crippen LogP contribution is -2.31. The molecule has 0 unspecified atom stereocenters. The van der Waals surface area contributed by atoms with Gasteiger partial charge in [0.05, 0.1) is 0 Å². The first-order chi connectivity index (χ1) is 5.22. The van der Waals surface area contributed by atoms with E-state index in [1.807, 2.05) is 6.07 Å². The molecule has 0 fully saturated rings. The number of aryl methyl sites for hydroxylation is 1. The van der Waals surface area contributed by atoms with Crippen LogP contribution in [0.2, 0.25) is 0 Å². The van der Waals surface area contributed by atoms with Crippen molar-refractivity contribution in [1.29, 1.82) is 0 Å². The van der Waals surface area contributed by atoms with Crippen LogP contribution in [0.1, 0.15) is 5.69 Å². The van der Waals surface area contributed by atoms with Gasteiger partial charge in [-0.2, -0.15) is 4.73 Å². The Morgan fingerprint density at radius 3 is 2.36 bits per heavy atom. The molecule has 0 atom stereocenters. The van der Waals surface area contributed by atoms with Gasteiger partial charge in [0.2, 0.25) is 0 Å². The highest BCUT2D eigenvalue weighted by atomic mass is 79.9. The Kier molecular flexibility index (Phi) is 4.76. The number of rotatable bonds is 0. The molecule has 11 heavy (non-hydrogen) atoms. The van der Waals surface area contributed by atoms with Gasteiger partial charge in [0.15, 0.2) is 5.69 Å². The van der Waals surface area contributed by atoms with Crippen molar-refractivity contribution in [1.82, 2.24) is 0 Å². The van der Waals surface area contributed by atoms with Crippen LogP contribution in [0.3, 0.4) is 0 Å².